The molecule has 0 radical (unpaired) electrons. The molecule has 42 heavy (non-hydrogen) atoms. The molecule has 0 saturated heterocycles. The fourth-order valence-corrected chi connectivity index (χ4v) is 10.9. The molecule has 222 valence electrons. The van der Waals surface area contributed by atoms with Gasteiger partial charge in [-0.15, -0.1) is 45.3 Å². The van der Waals surface area contributed by atoms with Gasteiger partial charge in [-0.25, -0.2) is 0 Å². The lowest BCUT2D eigenvalue weighted by Crippen LogP contribution is -2.12. The van der Waals surface area contributed by atoms with Crippen molar-refractivity contribution in [2.75, 3.05) is 13.2 Å². The Morgan fingerprint density at radius 3 is 1.48 bits per heavy atom. The van der Waals surface area contributed by atoms with E-state index < -0.39 is 0 Å². The van der Waals surface area contributed by atoms with Crippen LogP contribution >= 0.6 is 45.3 Å². The number of hydrogen-bond donors (Lipinski definition) is 2. The summed E-state index contributed by atoms with van der Waals surface area (Å²) in [5, 5.41) is 6.79. The van der Waals surface area contributed by atoms with Crippen molar-refractivity contribution in [2.45, 2.75) is 79.1 Å². The lowest BCUT2D eigenvalue weighted by Gasteiger charge is -2.20. The molecular formula is C34H40N2O2S4. The molecule has 4 nitrogen and oxygen atoms in total. The normalized spacial score (nSPS) is 14.0. The number of unbranched alkanes of at least 4 members (excludes halogenated alkanes) is 2. The minimum Gasteiger partial charge on any atom is -0.491 e. The molecule has 0 aliphatic rings. The number of H-pyrrole nitrogens is 2. The predicted octanol–water partition coefficient (Wildman–Crippen LogP) is 12.7. The van der Waals surface area contributed by atoms with Gasteiger partial charge < -0.3 is 19.4 Å². The second kappa shape index (κ2) is 12.0. The van der Waals surface area contributed by atoms with Crippen LogP contribution in [0, 0.1) is 11.8 Å². The minimum absolute atomic E-state index is 0.560. The number of thiophene rings is 4. The first kappa shape index (κ1) is 28.5. The Labute approximate surface area is 263 Å². The molecule has 7 rings (SSSR count). The fraction of sp³-hybridized carbons (Fsp3) is 0.471. The number of aromatic nitrogens is 2. The molecule has 8 heteroatoms. The van der Waals surface area contributed by atoms with Crippen LogP contribution in [0.1, 0.15) is 79.1 Å². The third kappa shape index (κ3) is 4.73. The molecule has 7 aromatic rings. The fourth-order valence-electron chi connectivity index (χ4n) is 6.31. The quantitative estimate of drug-likeness (QED) is 0.125. The van der Waals surface area contributed by atoms with Gasteiger partial charge in [0.25, 0.3) is 0 Å². The second-order valence-corrected chi connectivity index (χ2v) is 15.6. The Morgan fingerprint density at radius 2 is 1.07 bits per heavy atom. The van der Waals surface area contributed by atoms with Crippen LogP contribution in [0.5, 0.6) is 11.5 Å². The zero-order valence-electron chi connectivity index (χ0n) is 25.0. The molecule has 0 bridgehead atoms. The van der Waals surface area contributed by atoms with Crippen LogP contribution in [0.2, 0.25) is 0 Å². The van der Waals surface area contributed by atoms with E-state index in [0.29, 0.717) is 11.8 Å². The number of hydrogen-bond acceptors (Lipinski definition) is 6. The first-order valence-electron chi connectivity index (χ1n) is 15.7. The number of aromatic amines is 2. The van der Waals surface area contributed by atoms with E-state index in [1.807, 2.05) is 45.3 Å². The number of benzene rings is 1. The van der Waals surface area contributed by atoms with Crippen LogP contribution < -0.4 is 9.47 Å². The van der Waals surface area contributed by atoms with Gasteiger partial charge in [-0.1, -0.05) is 66.2 Å². The third-order valence-electron chi connectivity index (χ3n) is 8.96. The van der Waals surface area contributed by atoms with Crippen molar-refractivity contribution in [1.82, 2.24) is 9.97 Å². The number of rotatable bonds is 14. The van der Waals surface area contributed by atoms with Crippen LogP contribution in [0.4, 0.5) is 0 Å². The van der Waals surface area contributed by atoms with Gasteiger partial charge in [0.15, 0.2) is 0 Å². The average Bonchev–Trinajstić information content (AvgIpc) is 3.82. The van der Waals surface area contributed by atoms with Crippen molar-refractivity contribution in [3.05, 3.63) is 22.9 Å². The Bertz CT molecular complexity index is 1840. The van der Waals surface area contributed by atoms with Crippen LogP contribution in [0.25, 0.3) is 61.0 Å². The van der Waals surface area contributed by atoms with Crippen molar-refractivity contribution >= 4 is 106 Å². The number of fused-ring (bicyclic) bond motifs is 10. The number of nitrogens with one attached hydrogen (secondary N) is 2. The molecule has 0 spiro atoms. The smallest absolute Gasteiger partial charge is 0.148 e. The van der Waals surface area contributed by atoms with E-state index in [1.165, 1.54) is 99.6 Å². The summed E-state index contributed by atoms with van der Waals surface area (Å²) in [5.41, 5.74) is 4.85. The highest BCUT2D eigenvalue weighted by Crippen LogP contribution is 2.56. The van der Waals surface area contributed by atoms with E-state index in [4.69, 9.17) is 9.47 Å². The van der Waals surface area contributed by atoms with E-state index in [9.17, 15) is 0 Å². The summed E-state index contributed by atoms with van der Waals surface area (Å²) in [6.07, 6.45) is 9.68. The molecule has 2 atom stereocenters. The van der Waals surface area contributed by atoms with Gasteiger partial charge in [0.1, 0.15) is 11.5 Å². The highest BCUT2D eigenvalue weighted by Gasteiger charge is 2.28. The Kier molecular flexibility index (Phi) is 8.16. The van der Waals surface area contributed by atoms with Crippen molar-refractivity contribution in [3.63, 3.8) is 0 Å². The van der Waals surface area contributed by atoms with E-state index >= 15 is 0 Å². The first-order valence-corrected chi connectivity index (χ1v) is 19.1. The van der Waals surface area contributed by atoms with Gasteiger partial charge in [-0.05, 0) is 47.6 Å². The zero-order valence-corrected chi connectivity index (χ0v) is 28.3. The maximum Gasteiger partial charge on any atom is 0.148 e. The molecule has 2 N–H and O–H groups in total. The molecule has 0 amide bonds. The summed E-state index contributed by atoms with van der Waals surface area (Å²) in [7, 11) is 0. The van der Waals surface area contributed by atoms with Gasteiger partial charge in [-0.3, -0.25) is 0 Å². The standard InChI is InChI=1S/C34H40N2O2S4/c1-5-9-11-19(7-3)17-37-27-23-25-33(29-21(35-25)13-15-39-29)42-32(23)28(38-18-20(8-4)12-10-6-2)24-26-34(41-31(24)27)30-22(36-26)14-16-40-30/h13-16,19-20,35-36H,5-12,17-18H2,1-4H3. The van der Waals surface area contributed by atoms with Crippen molar-refractivity contribution in [2.24, 2.45) is 11.8 Å². The molecular weight excluding hydrogens is 597 g/mol. The minimum atomic E-state index is 0.560. The Morgan fingerprint density at radius 1 is 0.619 bits per heavy atom. The molecule has 6 aromatic heterocycles. The van der Waals surface area contributed by atoms with Crippen molar-refractivity contribution < 1.29 is 9.47 Å². The molecule has 1 aromatic carbocycles. The van der Waals surface area contributed by atoms with Gasteiger partial charge in [0.05, 0.1) is 74.3 Å². The molecule has 0 saturated carbocycles. The average molecular weight is 637 g/mol. The van der Waals surface area contributed by atoms with Gasteiger partial charge in [0, 0.05) is 0 Å². The van der Waals surface area contributed by atoms with Crippen molar-refractivity contribution in [3.8, 4) is 11.5 Å². The topological polar surface area (TPSA) is 50.0 Å². The lowest BCUT2D eigenvalue weighted by molar-refractivity contribution is 0.235. The summed E-state index contributed by atoms with van der Waals surface area (Å²) in [5.74, 6) is 3.20. The highest BCUT2D eigenvalue weighted by molar-refractivity contribution is 7.33. The monoisotopic (exact) mass is 636 g/mol. The van der Waals surface area contributed by atoms with Crippen LogP contribution in [0.3, 0.4) is 0 Å². The molecule has 6 heterocycles. The summed E-state index contributed by atoms with van der Waals surface area (Å²) >= 11 is 7.40. The van der Waals surface area contributed by atoms with Gasteiger partial charge >= 0.3 is 0 Å². The van der Waals surface area contributed by atoms with Crippen molar-refractivity contribution in [1.29, 1.82) is 0 Å². The van der Waals surface area contributed by atoms with Gasteiger partial charge in [-0.2, -0.15) is 0 Å². The maximum absolute atomic E-state index is 7.00. The second-order valence-electron chi connectivity index (χ2n) is 11.7. The van der Waals surface area contributed by atoms with Crippen LogP contribution in [-0.4, -0.2) is 23.2 Å². The molecule has 0 fully saturated rings. The van der Waals surface area contributed by atoms with Crippen LogP contribution in [-0.2, 0) is 0 Å². The summed E-state index contributed by atoms with van der Waals surface area (Å²) < 4.78 is 21.8. The summed E-state index contributed by atoms with van der Waals surface area (Å²) in [6.45, 7) is 10.7. The number of ether oxygens (including phenoxy) is 2. The zero-order chi connectivity index (χ0) is 28.8. The Hall–Kier alpha value is -2.26. The maximum atomic E-state index is 7.00. The molecule has 0 aliphatic carbocycles. The van der Waals surface area contributed by atoms with Crippen LogP contribution in [0.15, 0.2) is 22.9 Å². The van der Waals surface area contributed by atoms with E-state index in [1.54, 1.807) is 0 Å². The largest absolute Gasteiger partial charge is 0.491 e. The Balaban J connectivity index is 1.47. The SMILES string of the molecule is CCCCC(CC)COc1c2sc3c([nH]c4ccsc43)c2c(OCC(CC)CCCC)c2sc3c([nH]c4ccsc43)c12. The highest BCUT2D eigenvalue weighted by atomic mass is 32.1. The summed E-state index contributed by atoms with van der Waals surface area (Å²) in [6, 6.07) is 4.41. The third-order valence-corrected chi connectivity index (χ3v) is 13.5. The van der Waals surface area contributed by atoms with E-state index in [-0.39, 0.29) is 0 Å². The summed E-state index contributed by atoms with van der Waals surface area (Å²) in [4.78, 5) is 7.58. The predicted molar refractivity (Wildman–Crippen MR) is 189 cm³/mol. The molecule has 2 unspecified atom stereocenters. The first-order chi connectivity index (χ1) is 20.7. The lowest BCUT2D eigenvalue weighted by atomic mass is 10.0. The van der Waals surface area contributed by atoms with E-state index in [2.05, 4.69) is 60.6 Å². The molecule has 0 aliphatic heterocycles. The van der Waals surface area contributed by atoms with Gasteiger partial charge in [0.2, 0.25) is 0 Å². The van der Waals surface area contributed by atoms with E-state index in [0.717, 1.165) is 37.6 Å².